The van der Waals surface area contributed by atoms with Crippen LogP contribution in [0.5, 0.6) is 0 Å². The van der Waals surface area contributed by atoms with Gasteiger partial charge in [0.25, 0.3) is 5.91 Å². The number of anilines is 2. The lowest BCUT2D eigenvalue weighted by Gasteiger charge is -2.20. The van der Waals surface area contributed by atoms with Crippen LogP contribution in [0, 0.1) is 5.92 Å². The third-order valence-corrected chi connectivity index (χ3v) is 5.11. The van der Waals surface area contributed by atoms with Gasteiger partial charge in [-0.3, -0.25) is 14.3 Å². The van der Waals surface area contributed by atoms with E-state index in [1.54, 1.807) is 18.2 Å². The number of sulfonamides is 1. The van der Waals surface area contributed by atoms with Gasteiger partial charge >= 0.3 is 0 Å². The lowest BCUT2D eigenvalue weighted by molar-refractivity contribution is -0.118. The Bertz CT molecular complexity index is 1020. The Kier molecular flexibility index (Phi) is 8.11. The van der Waals surface area contributed by atoms with Crippen LogP contribution in [0.1, 0.15) is 30.6 Å². The van der Waals surface area contributed by atoms with Gasteiger partial charge in [-0.1, -0.05) is 37.0 Å². The van der Waals surface area contributed by atoms with Crippen LogP contribution < -0.4 is 15.4 Å². The molecule has 0 radical (unpaired) electrons. The summed E-state index contributed by atoms with van der Waals surface area (Å²) in [4.78, 5) is 25.4. The van der Waals surface area contributed by atoms with Crippen molar-refractivity contribution in [1.82, 2.24) is 5.32 Å². The van der Waals surface area contributed by atoms with Gasteiger partial charge in [0.1, 0.15) is 6.04 Å². The zero-order valence-corrected chi connectivity index (χ0v) is 19.0. The second-order valence-electron chi connectivity index (χ2n) is 7.22. The molecule has 0 aromatic heterocycles. The van der Waals surface area contributed by atoms with E-state index in [2.05, 4.69) is 15.4 Å². The summed E-state index contributed by atoms with van der Waals surface area (Å²) in [5, 5.41) is 6.05. The van der Waals surface area contributed by atoms with Crippen molar-refractivity contribution in [1.29, 1.82) is 0 Å². The summed E-state index contributed by atoms with van der Waals surface area (Å²) >= 11 is 12.0. The van der Waals surface area contributed by atoms with Gasteiger partial charge < -0.3 is 10.6 Å². The van der Waals surface area contributed by atoms with Crippen molar-refractivity contribution in [3.63, 3.8) is 0 Å². The minimum absolute atomic E-state index is 0.142. The van der Waals surface area contributed by atoms with Crippen molar-refractivity contribution in [3.05, 3.63) is 58.1 Å². The predicted octanol–water partition coefficient (Wildman–Crippen LogP) is 4.15. The van der Waals surface area contributed by atoms with Gasteiger partial charge in [-0.15, -0.1) is 0 Å². The van der Waals surface area contributed by atoms with Crippen molar-refractivity contribution in [2.75, 3.05) is 16.3 Å². The van der Waals surface area contributed by atoms with Crippen molar-refractivity contribution in [2.24, 2.45) is 5.92 Å². The number of benzene rings is 2. The molecule has 0 spiro atoms. The third kappa shape index (κ3) is 7.51. The highest BCUT2D eigenvalue weighted by Gasteiger charge is 2.23. The van der Waals surface area contributed by atoms with Crippen molar-refractivity contribution < 1.29 is 18.0 Å². The van der Waals surface area contributed by atoms with Crippen LogP contribution in [0.3, 0.4) is 0 Å². The molecule has 0 aliphatic rings. The normalized spacial score (nSPS) is 12.3. The molecule has 2 rings (SSSR count). The van der Waals surface area contributed by atoms with Crippen LogP contribution in [0.15, 0.2) is 42.5 Å². The summed E-state index contributed by atoms with van der Waals surface area (Å²) in [7, 11) is -3.39. The fourth-order valence-corrected chi connectivity index (χ4v) is 3.74. The fourth-order valence-electron chi connectivity index (χ4n) is 2.68. The molecule has 0 fully saturated rings. The highest BCUT2D eigenvalue weighted by molar-refractivity contribution is 7.92. The fraction of sp³-hybridized carbons (Fsp3) is 0.300. The minimum Gasteiger partial charge on any atom is -0.340 e. The van der Waals surface area contributed by atoms with Gasteiger partial charge in [0.2, 0.25) is 15.9 Å². The van der Waals surface area contributed by atoms with Crippen LogP contribution in [-0.2, 0) is 14.8 Å². The van der Waals surface area contributed by atoms with Gasteiger partial charge in [0, 0.05) is 16.4 Å². The lowest BCUT2D eigenvalue weighted by Crippen LogP contribution is -2.44. The largest absolute Gasteiger partial charge is 0.340 e. The molecular weight excluding hydrogens is 449 g/mol. The summed E-state index contributed by atoms with van der Waals surface area (Å²) < 4.78 is 24.9. The third-order valence-electron chi connectivity index (χ3n) is 3.96. The summed E-state index contributed by atoms with van der Waals surface area (Å²) in [5.41, 5.74) is 1.06. The van der Waals surface area contributed by atoms with E-state index < -0.39 is 27.9 Å². The van der Waals surface area contributed by atoms with Crippen molar-refractivity contribution in [2.45, 2.75) is 26.3 Å². The van der Waals surface area contributed by atoms with Gasteiger partial charge in [-0.05, 0) is 54.8 Å². The van der Waals surface area contributed by atoms with E-state index in [9.17, 15) is 18.0 Å². The number of amides is 2. The van der Waals surface area contributed by atoms with Gasteiger partial charge in [-0.2, -0.15) is 0 Å². The lowest BCUT2D eigenvalue weighted by atomic mass is 10.0. The standard InChI is InChI=1S/C20H23Cl2N3O4S/c1-12(2)10-18(24-19(26)16-9-4-13(21)11-17(16)22)20(27)23-14-5-7-15(8-6-14)25-30(3,28)29/h4-9,11-12,18,25H,10H2,1-3H3,(H,23,27)(H,24,26). The van der Waals surface area contributed by atoms with Crippen LogP contribution in [0.4, 0.5) is 11.4 Å². The topological polar surface area (TPSA) is 104 Å². The molecule has 7 nitrogen and oxygen atoms in total. The van der Waals surface area contributed by atoms with E-state index in [4.69, 9.17) is 23.2 Å². The smallest absolute Gasteiger partial charge is 0.253 e. The maximum absolute atomic E-state index is 12.8. The zero-order chi connectivity index (χ0) is 22.5. The van der Waals surface area contributed by atoms with Crippen LogP contribution in [0.2, 0.25) is 10.0 Å². The molecule has 0 saturated heterocycles. The molecule has 2 amide bonds. The number of hydrogen-bond donors (Lipinski definition) is 3. The second-order valence-corrected chi connectivity index (χ2v) is 9.81. The number of halogens is 2. The Morgan fingerprint density at radius 3 is 2.13 bits per heavy atom. The molecule has 1 unspecified atom stereocenters. The van der Waals surface area contributed by atoms with E-state index in [0.717, 1.165) is 6.26 Å². The molecule has 0 aliphatic heterocycles. The minimum atomic E-state index is -3.39. The van der Waals surface area contributed by atoms with Crippen molar-refractivity contribution >= 4 is 56.4 Å². The molecule has 30 heavy (non-hydrogen) atoms. The van der Waals surface area contributed by atoms with E-state index in [0.29, 0.717) is 22.8 Å². The first-order valence-electron chi connectivity index (χ1n) is 9.09. The number of carbonyl (C=O) groups is 2. The summed E-state index contributed by atoms with van der Waals surface area (Å²) in [6, 6.07) is 9.90. The monoisotopic (exact) mass is 471 g/mol. The Morgan fingerprint density at radius 2 is 1.60 bits per heavy atom. The average molecular weight is 472 g/mol. The van der Waals surface area contributed by atoms with Gasteiger partial charge in [0.05, 0.1) is 16.8 Å². The molecule has 3 N–H and O–H groups in total. The molecule has 0 aliphatic carbocycles. The highest BCUT2D eigenvalue weighted by Crippen LogP contribution is 2.21. The van der Waals surface area contributed by atoms with Gasteiger partial charge in [-0.25, -0.2) is 8.42 Å². The van der Waals surface area contributed by atoms with Crippen LogP contribution in [0.25, 0.3) is 0 Å². The number of nitrogens with one attached hydrogen (secondary N) is 3. The Hall–Kier alpha value is -2.29. The molecule has 0 bridgehead atoms. The first-order chi connectivity index (χ1) is 13.9. The number of hydrogen-bond acceptors (Lipinski definition) is 4. The SMILES string of the molecule is CC(C)CC(NC(=O)c1ccc(Cl)cc1Cl)C(=O)Nc1ccc(NS(C)(=O)=O)cc1. The maximum atomic E-state index is 12.8. The van der Waals surface area contributed by atoms with E-state index in [-0.39, 0.29) is 16.5 Å². The summed E-state index contributed by atoms with van der Waals surface area (Å²) in [6.07, 6.45) is 1.46. The van der Waals surface area contributed by atoms with Crippen LogP contribution >= 0.6 is 23.2 Å². The zero-order valence-electron chi connectivity index (χ0n) is 16.7. The Balaban J connectivity index is 2.12. The Labute approximate surface area is 186 Å². The highest BCUT2D eigenvalue weighted by atomic mass is 35.5. The number of carbonyl (C=O) groups excluding carboxylic acids is 2. The van der Waals surface area contributed by atoms with E-state index >= 15 is 0 Å². The molecule has 0 saturated carbocycles. The van der Waals surface area contributed by atoms with Crippen molar-refractivity contribution in [3.8, 4) is 0 Å². The molecule has 2 aromatic carbocycles. The average Bonchev–Trinajstić information content (AvgIpc) is 2.61. The molecule has 10 heteroatoms. The first kappa shape index (κ1) is 24.0. The summed E-state index contributed by atoms with van der Waals surface area (Å²) in [6.45, 7) is 3.88. The second kappa shape index (κ2) is 10.1. The van der Waals surface area contributed by atoms with Gasteiger partial charge in [0.15, 0.2) is 0 Å². The predicted molar refractivity (Wildman–Crippen MR) is 121 cm³/mol. The van der Waals surface area contributed by atoms with E-state index in [1.165, 1.54) is 24.3 Å². The quantitative estimate of drug-likeness (QED) is 0.537. The molecule has 162 valence electrons. The summed E-state index contributed by atoms with van der Waals surface area (Å²) in [5.74, 6) is -0.737. The molecule has 0 heterocycles. The number of rotatable bonds is 8. The molecular formula is C20H23Cl2N3O4S. The van der Waals surface area contributed by atoms with Crippen LogP contribution in [-0.4, -0.2) is 32.5 Å². The van der Waals surface area contributed by atoms with E-state index in [1.807, 2.05) is 13.8 Å². The molecule has 1 atom stereocenters. The molecule has 2 aromatic rings. The Morgan fingerprint density at radius 1 is 1.00 bits per heavy atom. The maximum Gasteiger partial charge on any atom is 0.253 e. The first-order valence-corrected chi connectivity index (χ1v) is 11.7.